The van der Waals surface area contributed by atoms with Gasteiger partial charge in [-0.25, -0.2) is 0 Å². The van der Waals surface area contributed by atoms with Crippen LogP contribution < -0.4 is 5.32 Å². The Kier molecular flexibility index (Phi) is 6.44. The molecule has 100 valence electrons. The molecule has 1 rings (SSSR count). The largest absolute Gasteiger partial charge is 0.345 e. The van der Waals surface area contributed by atoms with Gasteiger partial charge in [0.2, 0.25) is 5.91 Å². The third-order valence-electron chi connectivity index (χ3n) is 3.13. The van der Waals surface area contributed by atoms with Crippen molar-refractivity contribution in [2.75, 3.05) is 20.1 Å². The lowest BCUT2D eigenvalue weighted by atomic mass is 10.1. The van der Waals surface area contributed by atoms with Gasteiger partial charge in [-0.1, -0.05) is 37.6 Å². The van der Waals surface area contributed by atoms with E-state index in [9.17, 15) is 4.79 Å². The maximum absolute atomic E-state index is 11.8. The zero-order valence-corrected chi connectivity index (χ0v) is 11.7. The Labute approximate surface area is 110 Å². The second kappa shape index (κ2) is 7.88. The first-order valence-corrected chi connectivity index (χ1v) is 6.64. The highest BCUT2D eigenvalue weighted by Gasteiger charge is 2.07. The average molecular weight is 248 g/mol. The number of amides is 1. The number of rotatable bonds is 7. The molecule has 3 heteroatoms. The van der Waals surface area contributed by atoms with Crippen LogP contribution in [0, 0.1) is 6.92 Å². The van der Waals surface area contributed by atoms with Crippen LogP contribution in [0.25, 0.3) is 0 Å². The summed E-state index contributed by atoms with van der Waals surface area (Å²) >= 11 is 0. The zero-order chi connectivity index (χ0) is 13.4. The quantitative estimate of drug-likeness (QED) is 0.803. The average Bonchev–Trinajstić information content (AvgIpc) is 2.38. The van der Waals surface area contributed by atoms with Gasteiger partial charge in [0, 0.05) is 20.1 Å². The number of hydrogen-bond acceptors (Lipinski definition) is 2. The summed E-state index contributed by atoms with van der Waals surface area (Å²) in [6.45, 7) is 6.23. The van der Waals surface area contributed by atoms with E-state index in [-0.39, 0.29) is 5.91 Å². The summed E-state index contributed by atoms with van der Waals surface area (Å²) in [4.78, 5) is 13.6. The second-order valence-corrected chi connectivity index (χ2v) is 4.70. The molecule has 1 aromatic carbocycles. The predicted molar refractivity (Wildman–Crippen MR) is 75.4 cm³/mol. The van der Waals surface area contributed by atoms with Gasteiger partial charge in [0.15, 0.2) is 0 Å². The Morgan fingerprint density at radius 3 is 2.72 bits per heavy atom. The van der Waals surface area contributed by atoms with Crippen LogP contribution >= 0.6 is 0 Å². The van der Waals surface area contributed by atoms with Gasteiger partial charge >= 0.3 is 0 Å². The van der Waals surface area contributed by atoms with Crippen LogP contribution in [0.15, 0.2) is 24.3 Å². The molecule has 0 spiro atoms. The molecular formula is C15H24N2O. The first kappa shape index (κ1) is 14.7. The highest BCUT2D eigenvalue weighted by atomic mass is 16.2. The molecule has 0 aliphatic rings. The molecule has 0 saturated carbocycles. The number of nitrogens with zero attached hydrogens (tertiary/aromatic N) is 1. The monoisotopic (exact) mass is 248 g/mol. The highest BCUT2D eigenvalue weighted by Crippen LogP contribution is 2.05. The number of carbonyl (C=O) groups excluding carboxylic acids is 1. The van der Waals surface area contributed by atoms with Crippen molar-refractivity contribution < 1.29 is 4.79 Å². The Morgan fingerprint density at radius 2 is 2.06 bits per heavy atom. The molecule has 0 fully saturated rings. The maximum Gasteiger partial charge on any atom is 0.236 e. The number of benzene rings is 1. The van der Waals surface area contributed by atoms with Crippen molar-refractivity contribution in [1.82, 2.24) is 10.2 Å². The lowest BCUT2D eigenvalue weighted by Crippen LogP contribution is -2.35. The molecule has 0 radical (unpaired) electrons. The molecule has 0 unspecified atom stereocenters. The summed E-state index contributed by atoms with van der Waals surface area (Å²) in [5, 5.41) is 3.21. The Bertz CT molecular complexity index is 377. The van der Waals surface area contributed by atoms with Gasteiger partial charge in [0.1, 0.15) is 0 Å². The van der Waals surface area contributed by atoms with Gasteiger partial charge in [0.25, 0.3) is 0 Å². The number of likely N-dealkylation sites (N-methyl/N-ethyl adjacent to an activating group) is 1. The molecule has 1 aromatic rings. The molecule has 0 aromatic heterocycles. The van der Waals surface area contributed by atoms with Crippen LogP contribution in [0.5, 0.6) is 0 Å². The van der Waals surface area contributed by atoms with Crippen molar-refractivity contribution in [2.45, 2.75) is 33.2 Å². The van der Waals surface area contributed by atoms with Gasteiger partial charge in [-0.3, -0.25) is 4.79 Å². The second-order valence-electron chi connectivity index (χ2n) is 4.70. The number of aryl methyl sites for hydroxylation is 1. The summed E-state index contributed by atoms with van der Waals surface area (Å²) in [5.74, 6) is 0.164. The fourth-order valence-electron chi connectivity index (χ4n) is 1.77. The van der Waals surface area contributed by atoms with Crippen LogP contribution in [0.4, 0.5) is 0 Å². The van der Waals surface area contributed by atoms with Crippen molar-refractivity contribution in [2.24, 2.45) is 0 Å². The van der Waals surface area contributed by atoms with Crippen LogP contribution in [0.3, 0.4) is 0 Å². The minimum Gasteiger partial charge on any atom is -0.345 e. The van der Waals surface area contributed by atoms with Gasteiger partial charge < -0.3 is 10.2 Å². The molecular weight excluding hydrogens is 224 g/mol. The molecule has 0 aliphatic carbocycles. The number of hydrogen-bond donors (Lipinski definition) is 1. The number of unbranched alkanes of at least 4 members (excludes halogenated alkanes) is 1. The van der Waals surface area contributed by atoms with Crippen LogP contribution in [0.2, 0.25) is 0 Å². The van der Waals surface area contributed by atoms with Gasteiger partial charge in [0.05, 0.1) is 6.54 Å². The maximum atomic E-state index is 11.8. The minimum atomic E-state index is 0.164. The Balaban J connectivity index is 2.29. The standard InChI is InChI=1S/C15H24N2O/c1-4-5-10-17(3)15(18)12-16-11-14-9-7-6-8-13(14)2/h6-9,16H,4-5,10-12H2,1-3H3. The van der Waals surface area contributed by atoms with E-state index in [0.717, 1.165) is 25.9 Å². The summed E-state index contributed by atoms with van der Waals surface area (Å²) < 4.78 is 0. The SMILES string of the molecule is CCCCN(C)C(=O)CNCc1ccccc1C. The van der Waals surface area contributed by atoms with Crippen LogP contribution in [0.1, 0.15) is 30.9 Å². The van der Waals surface area contributed by atoms with Crippen molar-refractivity contribution >= 4 is 5.91 Å². The molecule has 0 aliphatic heterocycles. The van der Waals surface area contributed by atoms with Gasteiger partial charge in [-0.15, -0.1) is 0 Å². The third kappa shape index (κ3) is 4.88. The van der Waals surface area contributed by atoms with Gasteiger partial charge in [-0.2, -0.15) is 0 Å². The van der Waals surface area contributed by atoms with Crippen LogP contribution in [-0.2, 0) is 11.3 Å². The van der Waals surface area contributed by atoms with Crippen molar-refractivity contribution in [3.8, 4) is 0 Å². The van der Waals surface area contributed by atoms with E-state index in [0.29, 0.717) is 6.54 Å². The van der Waals surface area contributed by atoms with E-state index in [1.165, 1.54) is 11.1 Å². The normalized spacial score (nSPS) is 10.4. The predicted octanol–water partition coefficient (Wildman–Crippen LogP) is 2.34. The molecule has 3 nitrogen and oxygen atoms in total. The highest BCUT2D eigenvalue weighted by molar-refractivity contribution is 5.77. The molecule has 0 bridgehead atoms. The number of nitrogens with one attached hydrogen (secondary N) is 1. The summed E-state index contributed by atoms with van der Waals surface area (Å²) in [7, 11) is 1.87. The smallest absolute Gasteiger partial charge is 0.236 e. The third-order valence-corrected chi connectivity index (χ3v) is 3.13. The topological polar surface area (TPSA) is 32.3 Å². The molecule has 0 atom stereocenters. The lowest BCUT2D eigenvalue weighted by molar-refractivity contribution is -0.129. The van der Waals surface area contributed by atoms with Crippen molar-refractivity contribution in [3.63, 3.8) is 0 Å². The molecule has 1 N–H and O–H groups in total. The molecule has 0 heterocycles. The number of carbonyl (C=O) groups is 1. The lowest BCUT2D eigenvalue weighted by Gasteiger charge is -2.17. The fraction of sp³-hybridized carbons (Fsp3) is 0.533. The van der Waals surface area contributed by atoms with E-state index in [1.807, 2.05) is 19.2 Å². The zero-order valence-electron chi connectivity index (χ0n) is 11.7. The molecule has 1 amide bonds. The minimum absolute atomic E-state index is 0.164. The van der Waals surface area contributed by atoms with E-state index >= 15 is 0 Å². The van der Waals surface area contributed by atoms with E-state index in [2.05, 4.69) is 31.3 Å². The molecule has 18 heavy (non-hydrogen) atoms. The Morgan fingerprint density at radius 1 is 1.33 bits per heavy atom. The first-order chi connectivity index (χ1) is 8.65. The van der Waals surface area contributed by atoms with Crippen molar-refractivity contribution in [3.05, 3.63) is 35.4 Å². The first-order valence-electron chi connectivity index (χ1n) is 6.64. The van der Waals surface area contributed by atoms with Crippen molar-refractivity contribution in [1.29, 1.82) is 0 Å². The van der Waals surface area contributed by atoms with Gasteiger partial charge in [-0.05, 0) is 24.5 Å². The van der Waals surface area contributed by atoms with E-state index < -0.39 is 0 Å². The van der Waals surface area contributed by atoms with E-state index in [1.54, 1.807) is 4.90 Å². The van der Waals surface area contributed by atoms with E-state index in [4.69, 9.17) is 0 Å². The fourth-order valence-corrected chi connectivity index (χ4v) is 1.77. The molecule has 0 saturated heterocycles. The summed E-state index contributed by atoms with van der Waals surface area (Å²) in [6.07, 6.45) is 2.19. The Hall–Kier alpha value is -1.35. The summed E-state index contributed by atoms with van der Waals surface area (Å²) in [6, 6.07) is 8.24. The summed E-state index contributed by atoms with van der Waals surface area (Å²) in [5.41, 5.74) is 2.51. The van der Waals surface area contributed by atoms with Crippen LogP contribution in [-0.4, -0.2) is 30.9 Å².